The highest BCUT2D eigenvalue weighted by molar-refractivity contribution is 5.77. The van der Waals surface area contributed by atoms with Crippen LogP contribution in [0.15, 0.2) is 0 Å². The molecular weight excluding hydrogens is 178 g/mol. The minimum absolute atomic E-state index is 0.120. The summed E-state index contributed by atoms with van der Waals surface area (Å²) in [5.41, 5.74) is 0. The molecule has 14 heavy (non-hydrogen) atoms. The molecule has 0 aromatic heterocycles. The molecule has 2 N–H and O–H groups in total. The summed E-state index contributed by atoms with van der Waals surface area (Å²) < 4.78 is 0. The van der Waals surface area contributed by atoms with E-state index in [0.29, 0.717) is 25.0 Å². The Kier molecular flexibility index (Phi) is 4.35. The number of nitrogens with one attached hydrogen (secondary N) is 2. The molecule has 1 amide bonds. The Labute approximate surface area is 86.0 Å². The van der Waals surface area contributed by atoms with E-state index in [2.05, 4.69) is 22.5 Å². The van der Waals surface area contributed by atoms with Gasteiger partial charge in [-0.15, -0.1) is 0 Å². The van der Waals surface area contributed by atoms with E-state index in [1.807, 2.05) is 14.0 Å². The van der Waals surface area contributed by atoms with E-state index in [0.717, 1.165) is 13.1 Å². The van der Waals surface area contributed by atoms with Crippen molar-refractivity contribution in [1.82, 2.24) is 15.5 Å². The van der Waals surface area contributed by atoms with Gasteiger partial charge in [0.15, 0.2) is 0 Å². The Balaban J connectivity index is 2.33. The molecule has 2 atom stereocenters. The van der Waals surface area contributed by atoms with E-state index in [9.17, 15) is 4.79 Å². The molecule has 4 heteroatoms. The standard InChI is InChI=1S/C10H21N3O/c1-4-12-10(14)7-13(3)9-6-11-5-8(9)2/h8-9,11H,4-7H2,1-3H3,(H,12,14). The third kappa shape index (κ3) is 2.96. The molecule has 0 aromatic rings. The van der Waals surface area contributed by atoms with Crippen LogP contribution in [0.3, 0.4) is 0 Å². The van der Waals surface area contributed by atoms with Gasteiger partial charge in [-0.3, -0.25) is 9.69 Å². The summed E-state index contributed by atoms with van der Waals surface area (Å²) in [5.74, 6) is 0.753. The van der Waals surface area contributed by atoms with Crippen LogP contribution >= 0.6 is 0 Å². The summed E-state index contributed by atoms with van der Waals surface area (Å²) >= 11 is 0. The minimum Gasteiger partial charge on any atom is -0.355 e. The van der Waals surface area contributed by atoms with Crippen molar-refractivity contribution in [2.24, 2.45) is 5.92 Å². The zero-order valence-corrected chi connectivity index (χ0v) is 9.34. The minimum atomic E-state index is 0.120. The van der Waals surface area contributed by atoms with Gasteiger partial charge in [-0.2, -0.15) is 0 Å². The number of amides is 1. The van der Waals surface area contributed by atoms with E-state index in [1.54, 1.807) is 0 Å². The fraction of sp³-hybridized carbons (Fsp3) is 0.900. The van der Waals surface area contributed by atoms with Gasteiger partial charge in [-0.1, -0.05) is 6.92 Å². The Bertz CT molecular complexity index is 196. The van der Waals surface area contributed by atoms with E-state index in [4.69, 9.17) is 0 Å². The first-order valence-electron chi connectivity index (χ1n) is 5.32. The second kappa shape index (κ2) is 5.32. The van der Waals surface area contributed by atoms with Crippen molar-refractivity contribution in [2.75, 3.05) is 33.2 Å². The summed E-state index contributed by atoms with van der Waals surface area (Å²) in [4.78, 5) is 13.5. The lowest BCUT2D eigenvalue weighted by Gasteiger charge is -2.26. The second-order valence-electron chi connectivity index (χ2n) is 4.07. The van der Waals surface area contributed by atoms with Gasteiger partial charge >= 0.3 is 0 Å². The zero-order valence-electron chi connectivity index (χ0n) is 9.34. The lowest BCUT2D eigenvalue weighted by molar-refractivity contribution is -0.122. The predicted octanol–water partition coefficient (Wildman–Crippen LogP) is -0.338. The number of hydrogen-bond donors (Lipinski definition) is 2. The van der Waals surface area contributed by atoms with Crippen molar-refractivity contribution >= 4 is 5.91 Å². The summed E-state index contributed by atoms with van der Waals surface area (Å²) in [5, 5.41) is 6.15. The quantitative estimate of drug-likeness (QED) is 0.651. The van der Waals surface area contributed by atoms with Crippen molar-refractivity contribution in [3.63, 3.8) is 0 Å². The molecule has 0 saturated carbocycles. The highest BCUT2D eigenvalue weighted by atomic mass is 16.2. The highest BCUT2D eigenvalue weighted by Gasteiger charge is 2.27. The van der Waals surface area contributed by atoms with Gasteiger partial charge < -0.3 is 10.6 Å². The molecule has 0 aliphatic carbocycles. The summed E-state index contributed by atoms with van der Waals surface area (Å²) in [6.45, 7) is 7.44. The molecule has 2 unspecified atom stereocenters. The maximum absolute atomic E-state index is 11.3. The molecule has 1 aliphatic rings. The lowest BCUT2D eigenvalue weighted by atomic mass is 10.1. The van der Waals surface area contributed by atoms with E-state index in [1.165, 1.54) is 0 Å². The first-order chi connectivity index (χ1) is 6.65. The normalized spacial score (nSPS) is 26.9. The van der Waals surface area contributed by atoms with E-state index in [-0.39, 0.29) is 5.91 Å². The Morgan fingerprint density at radius 2 is 2.29 bits per heavy atom. The second-order valence-corrected chi connectivity index (χ2v) is 4.07. The van der Waals surface area contributed by atoms with Gasteiger partial charge in [0.1, 0.15) is 0 Å². The van der Waals surface area contributed by atoms with Crippen molar-refractivity contribution in [3.8, 4) is 0 Å². The molecule has 0 bridgehead atoms. The predicted molar refractivity (Wildman–Crippen MR) is 57.1 cm³/mol. The van der Waals surface area contributed by atoms with Crippen molar-refractivity contribution in [2.45, 2.75) is 19.9 Å². The average Bonchev–Trinajstić information content (AvgIpc) is 2.51. The molecule has 0 spiro atoms. The van der Waals surface area contributed by atoms with Gasteiger partial charge in [0.05, 0.1) is 6.54 Å². The number of nitrogens with zero attached hydrogens (tertiary/aromatic N) is 1. The van der Waals surface area contributed by atoms with Crippen LogP contribution in [0.1, 0.15) is 13.8 Å². The van der Waals surface area contributed by atoms with Crippen LogP contribution in [0.5, 0.6) is 0 Å². The molecule has 4 nitrogen and oxygen atoms in total. The Morgan fingerprint density at radius 1 is 1.57 bits per heavy atom. The molecule has 1 fully saturated rings. The monoisotopic (exact) mass is 199 g/mol. The van der Waals surface area contributed by atoms with Gasteiger partial charge in [-0.05, 0) is 26.4 Å². The summed E-state index contributed by atoms with van der Waals surface area (Å²) in [7, 11) is 2.02. The molecular formula is C10H21N3O. The van der Waals surface area contributed by atoms with Crippen molar-refractivity contribution < 1.29 is 4.79 Å². The molecule has 1 heterocycles. The maximum Gasteiger partial charge on any atom is 0.234 e. The van der Waals surface area contributed by atoms with Crippen LogP contribution in [-0.4, -0.2) is 50.1 Å². The maximum atomic E-state index is 11.3. The number of hydrogen-bond acceptors (Lipinski definition) is 3. The topological polar surface area (TPSA) is 44.4 Å². The largest absolute Gasteiger partial charge is 0.355 e. The Morgan fingerprint density at radius 3 is 2.79 bits per heavy atom. The highest BCUT2D eigenvalue weighted by Crippen LogP contribution is 2.12. The van der Waals surface area contributed by atoms with Crippen LogP contribution < -0.4 is 10.6 Å². The number of likely N-dealkylation sites (N-methyl/N-ethyl adjacent to an activating group) is 2. The van der Waals surface area contributed by atoms with Crippen LogP contribution in [0.2, 0.25) is 0 Å². The number of carbonyl (C=O) groups is 1. The zero-order chi connectivity index (χ0) is 10.6. The van der Waals surface area contributed by atoms with E-state index < -0.39 is 0 Å². The number of rotatable bonds is 4. The molecule has 1 aliphatic heterocycles. The van der Waals surface area contributed by atoms with Gasteiger partial charge in [0, 0.05) is 19.1 Å². The van der Waals surface area contributed by atoms with E-state index >= 15 is 0 Å². The van der Waals surface area contributed by atoms with Crippen LogP contribution in [0.25, 0.3) is 0 Å². The first kappa shape index (κ1) is 11.5. The third-order valence-electron chi connectivity index (χ3n) is 2.81. The molecule has 82 valence electrons. The third-order valence-corrected chi connectivity index (χ3v) is 2.81. The van der Waals surface area contributed by atoms with Gasteiger partial charge in [0.25, 0.3) is 0 Å². The van der Waals surface area contributed by atoms with Crippen LogP contribution in [-0.2, 0) is 4.79 Å². The van der Waals surface area contributed by atoms with Crippen molar-refractivity contribution in [1.29, 1.82) is 0 Å². The SMILES string of the molecule is CCNC(=O)CN(C)C1CNCC1C. The first-order valence-corrected chi connectivity index (χ1v) is 5.32. The fourth-order valence-electron chi connectivity index (χ4n) is 1.98. The molecule has 1 saturated heterocycles. The van der Waals surface area contributed by atoms with Crippen LogP contribution in [0.4, 0.5) is 0 Å². The van der Waals surface area contributed by atoms with Crippen LogP contribution in [0, 0.1) is 5.92 Å². The summed E-state index contributed by atoms with van der Waals surface area (Å²) in [6.07, 6.45) is 0. The lowest BCUT2D eigenvalue weighted by Crippen LogP contribution is -2.43. The molecule has 0 aromatic carbocycles. The average molecular weight is 199 g/mol. The smallest absolute Gasteiger partial charge is 0.234 e. The fourth-order valence-corrected chi connectivity index (χ4v) is 1.98. The van der Waals surface area contributed by atoms with Crippen molar-refractivity contribution in [3.05, 3.63) is 0 Å². The number of carbonyl (C=O) groups excluding carboxylic acids is 1. The van der Waals surface area contributed by atoms with Gasteiger partial charge in [-0.25, -0.2) is 0 Å². The summed E-state index contributed by atoms with van der Waals surface area (Å²) in [6, 6.07) is 0.498. The Hall–Kier alpha value is -0.610. The molecule has 1 rings (SSSR count). The van der Waals surface area contributed by atoms with Gasteiger partial charge in [0.2, 0.25) is 5.91 Å². The molecule has 0 radical (unpaired) electrons.